The van der Waals surface area contributed by atoms with Gasteiger partial charge in [0.25, 0.3) is 0 Å². The Bertz CT molecular complexity index is 338. The van der Waals surface area contributed by atoms with E-state index >= 15 is 0 Å². The summed E-state index contributed by atoms with van der Waals surface area (Å²) in [4.78, 5) is 0. The molecule has 0 aliphatic carbocycles. The summed E-state index contributed by atoms with van der Waals surface area (Å²) in [6.45, 7) is 8.89. The second-order valence-corrected chi connectivity index (χ2v) is 6.07. The van der Waals surface area contributed by atoms with E-state index in [9.17, 15) is 5.11 Å². The Morgan fingerprint density at radius 3 is 2.05 bits per heavy atom. The summed E-state index contributed by atoms with van der Waals surface area (Å²) < 4.78 is 0. The highest BCUT2D eigenvalue weighted by Crippen LogP contribution is 2.37. The molecule has 1 nitrogen and oxygen atoms in total. The van der Waals surface area contributed by atoms with Crippen molar-refractivity contribution >= 4 is 0 Å². The molecule has 0 fully saturated rings. The molecule has 1 heteroatoms. The second kappa shape index (κ2) is 7.69. The van der Waals surface area contributed by atoms with Crippen LogP contribution in [0.4, 0.5) is 0 Å². The molecule has 0 bridgehead atoms. The van der Waals surface area contributed by atoms with Crippen molar-refractivity contribution in [1.29, 1.82) is 0 Å². The van der Waals surface area contributed by atoms with E-state index in [1.54, 1.807) is 0 Å². The van der Waals surface area contributed by atoms with E-state index in [4.69, 9.17) is 0 Å². The predicted molar refractivity (Wildman–Crippen MR) is 83.4 cm³/mol. The third-order valence-electron chi connectivity index (χ3n) is 4.51. The van der Waals surface area contributed by atoms with Crippen LogP contribution in [0.15, 0.2) is 30.3 Å². The fourth-order valence-electron chi connectivity index (χ4n) is 3.09. The highest BCUT2D eigenvalue weighted by Gasteiger charge is 2.35. The molecule has 19 heavy (non-hydrogen) atoms. The van der Waals surface area contributed by atoms with Crippen LogP contribution in [0, 0.1) is 5.92 Å². The standard InChI is InChI=1S/C18H30O/c1-5-18(6-2,16-12-8-7-9-13-16)17(19)14-10-11-15(3)4/h7-9,12-13,15,17,19H,5-6,10-11,14H2,1-4H3. The highest BCUT2D eigenvalue weighted by molar-refractivity contribution is 5.26. The van der Waals surface area contributed by atoms with Crippen molar-refractivity contribution < 1.29 is 5.11 Å². The lowest BCUT2D eigenvalue weighted by Crippen LogP contribution is -2.38. The predicted octanol–water partition coefficient (Wildman–Crippen LogP) is 4.93. The van der Waals surface area contributed by atoms with Crippen molar-refractivity contribution in [1.82, 2.24) is 0 Å². The van der Waals surface area contributed by atoms with Crippen LogP contribution in [-0.4, -0.2) is 11.2 Å². The van der Waals surface area contributed by atoms with E-state index in [-0.39, 0.29) is 11.5 Å². The maximum absolute atomic E-state index is 10.7. The third-order valence-corrected chi connectivity index (χ3v) is 4.51. The lowest BCUT2D eigenvalue weighted by Gasteiger charge is -2.37. The van der Waals surface area contributed by atoms with Crippen LogP contribution >= 0.6 is 0 Å². The summed E-state index contributed by atoms with van der Waals surface area (Å²) in [5.74, 6) is 0.724. The van der Waals surface area contributed by atoms with Crippen LogP contribution in [0.25, 0.3) is 0 Å². The first-order chi connectivity index (χ1) is 9.06. The third kappa shape index (κ3) is 4.07. The molecule has 0 saturated carbocycles. The van der Waals surface area contributed by atoms with E-state index in [0.29, 0.717) is 0 Å². The van der Waals surface area contributed by atoms with Crippen molar-refractivity contribution in [3.8, 4) is 0 Å². The molecule has 1 rings (SSSR count). The van der Waals surface area contributed by atoms with E-state index in [1.165, 1.54) is 12.0 Å². The van der Waals surface area contributed by atoms with Gasteiger partial charge >= 0.3 is 0 Å². The lowest BCUT2D eigenvalue weighted by atomic mass is 9.70. The molecule has 0 spiro atoms. The Hall–Kier alpha value is -0.820. The van der Waals surface area contributed by atoms with Gasteiger partial charge in [-0.2, -0.15) is 0 Å². The van der Waals surface area contributed by atoms with E-state index in [2.05, 4.69) is 52.0 Å². The molecule has 0 saturated heterocycles. The minimum atomic E-state index is -0.233. The molecular formula is C18H30O. The van der Waals surface area contributed by atoms with Crippen LogP contribution in [0.3, 0.4) is 0 Å². The smallest absolute Gasteiger partial charge is 0.0636 e. The van der Waals surface area contributed by atoms with Crippen LogP contribution in [0.1, 0.15) is 65.4 Å². The maximum atomic E-state index is 10.7. The Kier molecular flexibility index (Phi) is 6.57. The molecule has 0 aliphatic heterocycles. The molecule has 0 aliphatic rings. The zero-order valence-corrected chi connectivity index (χ0v) is 13.0. The Balaban J connectivity index is 2.81. The van der Waals surface area contributed by atoms with Gasteiger partial charge in [0, 0.05) is 5.41 Å². The maximum Gasteiger partial charge on any atom is 0.0636 e. The Morgan fingerprint density at radius 2 is 1.58 bits per heavy atom. The van der Waals surface area contributed by atoms with E-state index in [1.807, 2.05) is 6.07 Å². The number of aliphatic hydroxyl groups is 1. The summed E-state index contributed by atoms with van der Waals surface area (Å²) in [6.07, 6.45) is 4.99. The summed E-state index contributed by atoms with van der Waals surface area (Å²) in [5.41, 5.74) is 1.22. The normalized spacial score (nSPS) is 13.8. The first-order valence-electron chi connectivity index (χ1n) is 7.80. The van der Waals surface area contributed by atoms with Crippen LogP contribution in [0.5, 0.6) is 0 Å². The van der Waals surface area contributed by atoms with Gasteiger partial charge in [0.2, 0.25) is 0 Å². The van der Waals surface area contributed by atoms with Gasteiger partial charge in [-0.05, 0) is 30.7 Å². The second-order valence-electron chi connectivity index (χ2n) is 6.07. The molecule has 0 heterocycles. The van der Waals surface area contributed by atoms with Crippen molar-refractivity contribution in [2.75, 3.05) is 0 Å². The Labute approximate surface area is 119 Å². The van der Waals surface area contributed by atoms with Crippen molar-refractivity contribution in [2.24, 2.45) is 5.92 Å². The topological polar surface area (TPSA) is 20.2 Å². The molecule has 1 aromatic rings. The minimum Gasteiger partial charge on any atom is -0.392 e. The molecule has 1 atom stereocenters. The summed E-state index contributed by atoms with van der Waals surface area (Å²) >= 11 is 0. The zero-order chi connectivity index (χ0) is 14.3. The van der Waals surface area contributed by atoms with Gasteiger partial charge in [0.05, 0.1) is 6.10 Å². The van der Waals surface area contributed by atoms with Gasteiger partial charge in [0.1, 0.15) is 0 Å². The zero-order valence-electron chi connectivity index (χ0n) is 13.0. The van der Waals surface area contributed by atoms with E-state index < -0.39 is 0 Å². The summed E-state index contributed by atoms with van der Waals surface area (Å²) in [6, 6.07) is 10.5. The van der Waals surface area contributed by atoms with E-state index in [0.717, 1.165) is 31.6 Å². The molecule has 1 unspecified atom stereocenters. The average molecular weight is 262 g/mol. The van der Waals surface area contributed by atoms with Crippen molar-refractivity contribution in [2.45, 2.75) is 71.3 Å². The molecule has 0 aromatic heterocycles. The van der Waals surface area contributed by atoms with Gasteiger partial charge in [-0.15, -0.1) is 0 Å². The quantitative estimate of drug-likeness (QED) is 0.704. The monoisotopic (exact) mass is 262 g/mol. The van der Waals surface area contributed by atoms with Crippen molar-refractivity contribution in [3.63, 3.8) is 0 Å². The first kappa shape index (κ1) is 16.2. The fraction of sp³-hybridized carbons (Fsp3) is 0.667. The molecular weight excluding hydrogens is 232 g/mol. The van der Waals surface area contributed by atoms with Crippen molar-refractivity contribution in [3.05, 3.63) is 35.9 Å². The van der Waals surface area contributed by atoms with Gasteiger partial charge < -0.3 is 5.11 Å². The van der Waals surface area contributed by atoms with Gasteiger partial charge in [-0.1, -0.05) is 70.9 Å². The minimum absolute atomic E-state index is 0.0712. The highest BCUT2D eigenvalue weighted by atomic mass is 16.3. The number of rotatable bonds is 8. The fourth-order valence-corrected chi connectivity index (χ4v) is 3.09. The summed E-state index contributed by atoms with van der Waals surface area (Å²) in [5, 5.41) is 10.7. The molecule has 1 aromatic carbocycles. The number of hydrogen-bond donors (Lipinski definition) is 1. The van der Waals surface area contributed by atoms with Crippen LogP contribution in [-0.2, 0) is 5.41 Å². The van der Waals surface area contributed by atoms with Gasteiger partial charge in [-0.25, -0.2) is 0 Å². The Morgan fingerprint density at radius 1 is 1.00 bits per heavy atom. The first-order valence-corrected chi connectivity index (χ1v) is 7.80. The lowest BCUT2D eigenvalue weighted by molar-refractivity contribution is 0.0625. The van der Waals surface area contributed by atoms with Gasteiger partial charge in [0.15, 0.2) is 0 Å². The number of aliphatic hydroxyl groups excluding tert-OH is 1. The van der Waals surface area contributed by atoms with Crippen LogP contribution in [0.2, 0.25) is 0 Å². The SMILES string of the molecule is CCC(CC)(c1ccccc1)C(O)CCCC(C)C. The molecule has 108 valence electrons. The average Bonchev–Trinajstić information content (AvgIpc) is 2.41. The molecule has 1 N–H and O–H groups in total. The molecule has 0 radical (unpaired) electrons. The number of hydrogen-bond acceptors (Lipinski definition) is 1. The largest absolute Gasteiger partial charge is 0.392 e. The summed E-state index contributed by atoms with van der Waals surface area (Å²) in [7, 11) is 0. The van der Waals surface area contributed by atoms with Gasteiger partial charge in [-0.3, -0.25) is 0 Å². The number of benzene rings is 1. The van der Waals surface area contributed by atoms with Crippen LogP contribution < -0.4 is 0 Å². The molecule has 0 amide bonds.